The smallest absolute Gasteiger partial charge is 0.252 e. The number of pyridine rings is 1. The minimum atomic E-state index is -3.96. The van der Waals surface area contributed by atoms with E-state index < -0.39 is 10.0 Å². The first-order valence-electron chi connectivity index (χ1n) is 11.2. The van der Waals surface area contributed by atoms with Crippen molar-refractivity contribution in [2.24, 2.45) is 0 Å². The molecule has 0 unspecified atom stereocenters. The van der Waals surface area contributed by atoms with Gasteiger partial charge >= 0.3 is 0 Å². The van der Waals surface area contributed by atoms with Gasteiger partial charge in [0.1, 0.15) is 19.0 Å². The number of nitrogens with one attached hydrogen (secondary N) is 1. The van der Waals surface area contributed by atoms with Crippen molar-refractivity contribution in [3.05, 3.63) is 58.4 Å². The molecule has 1 fully saturated rings. The van der Waals surface area contributed by atoms with Gasteiger partial charge in [-0.05, 0) is 49.2 Å². The van der Waals surface area contributed by atoms with Crippen LogP contribution in [-0.4, -0.2) is 57.3 Å². The zero-order valence-corrected chi connectivity index (χ0v) is 19.6. The van der Waals surface area contributed by atoms with Crippen LogP contribution in [-0.2, 0) is 21.3 Å². The highest BCUT2D eigenvalue weighted by molar-refractivity contribution is 7.89. The number of hydrogen-bond acceptors (Lipinski definition) is 7. The van der Waals surface area contributed by atoms with E-state index in [1.165, 1.54) is 16.4 Å². The minimum Gasteiger partial charge on any atom is -0.497 e. The Balaban J connectivity index is 1.52. The first kappa shape index (κ1) is 22.7. The van der Waals surface area contributed by atoms with Crippen LogP contribution >= 0.6 is 0 Å². The van der Waals surface area contributed by atoms with E-state index in [4.69, 9.17) is 18.9 Å². The highest BCUT2D eigenvalue weighted by Crippen LogP contribution is 2.34. The van der Waals surface area contributed by atoms with Crippen LogP contribution in [0.3, 0.4) is 0 Å². The molecule has 1 saturated heterocycles. The molecular weight excluding hydrogens is 460 g/mol. The second-order valence-electron chi connectivity index (χ2n) is 8.31. The van der Waals surface area contributed by atoms with Gasteiger partial charge in [-0.25, -0.2) is 8.42 Å². The van der Waals surface area contributed by atoms with E-state index in [0.29, 0.717) is 48.1 Å². The van der Waals surface area contributed by atoms with Crippen molar-refractivity contribution in [1.82, 2.24) is 9.29 Å². The second kappa shape index (κ2) is 9.28. The Kier molecular flexibility index (Phi) is 6.20. The minimum absolute atomic E-state index is 0.0774. The Bertz CT molecular complexity index is 1360. The molecule has 3 aromatic rings. The van der Waals surface area contributed by atoms with Crippen LogP contribution in [0.15, 0.2) is 52.2 Å². The molecule has 1 N–H and O–H groups in total. The third-order valence-electron chi connectivity index (χ3n) is 6.06. The first-order chi connectivity index (χ1) is 16.4. The molecule has 0 radical (unpaired) electrons. The molecule has 2 aliphatic heterocycles. The molecule has 10 heteroatoms. The van der Waals surface area contributed by atoms with Crippen molar-refractivity contribution in [2.45, 2.75) is 30.4 Å². The molecule has 1 aromatic heterocycles. The Morgan fingerprint density at radius 2 is 1.88 bits per heavy atom. The van der Waals surface area contributed by atoms with Crippen molar-refractivity contribution in [2.75, 3.05) is 33.5 Å². The zero-order valence-electron chi connectivity index (χ0n) is 18.8. The summed E-state index contributed by atoms with van der Waals surface area (Å²) >= 11 is 0. The number of methoxy groups -OCH3 is 1. The lowest BCUT2D eigenvalue weighted by Gasteiger charge is -2.26. The number of benzene rings is 2. The third-order valence-corrected chi connectivity index (χ3v) is 7.87. The predicted molar refractivity (Wildman–Crippen MR) is 125 cm³/mol. The predicted octanol–water partition coefficient (Wildman–Crippen LogP) is 2.68. The maximum absolute atomic E-state index is 13.7. The van der Waals surface area contributed by atoms with Gasteiger partial charge in [0.2, 0.25) is 10.0 Å². The van der Waals surface area contributed by atoms with Crippen molar-refractivity contribution < 1.29 is 27.4 Å². The molecule has 2 aromatic carbocycles. The number of ether oxygens (including phenoxy) is 4. The van der Waals surface area contributed by atoms with Gasteiger partial charge in [-0.1, -0.05) is 0 Å². The zero-order chi connectivity index (χ0) is 23.7. The summed E-state index contributed by atoms with van der Waals surface area (Å²) in [4.78, 5) is 15.8. The van der Waals surface area contributed by atoms with Crippen molar-refractivity contribution in [3.8, 4) is 17.2 Å². The van der Waals surface area contributed by atoms with Crippen LogP contribution in [0.2, 0.25) is 0 Å². The number of nitrogens with zero attached hydrogens (tertiary/aromatic N) is 1. The highest BCUT2D eigenvalue weighted by Gasteiger charge is 2.31. The van der Waals surface area contributed by atoms with E-state index in [0.717, 1.165) is 18.2 Å². The summed E-state index contributed by atoms with van der Waals surface area (Å²) < 4.78 is 50.9. The number of sulfonamides is 1. The summed E-state index contributed by atoms with van der Waals surface area (Å²) in [6, 6.07) is 11.6. The summed E-state index contributed by atoms with van der Waals surface area (Å²) in [6.45, 7) is 1.41. The SMILES string of the molecule is COc1ccc2[nH]c(=O)c(CN(C[C@H]3CCCO3)S(=O)(=O)c3ccc4c(c3)OCCO4)cc2c1. The van der Waals surface area contributed by atoms with Crippen LogP contribution in [0.25, 0.3) is 10.9 Å². The van der Waals surface area contributed by atoms with E-state index >= 15 is 0 Å². The second-order valence-corrected chi connectivity index (χ2v) is 10.3. The summed E-state index contributed by atoms with van der Waals surface area (Å²) in [5.41, 5.74) is 0.641. The lowest BCUT2D eigenvalue weighted by Crippen LogP contribution is -2.38. The van der Waals surface area contributed by atoms with Crippen LogP contribution in [0.4, 0.5) is 0 Å². The molecule has 0 bridgehead atoms. The molecule has 34 heavy (non-hydrogen) atoms. The fraction of sp³-hybridized carbons (Fsp3) is 0.375. The monoisotopic (exact) mass is 486 g/mol. The van der Waals surface area contributed by atoms with Gasteiger partial charge in [0.05, 0.1) is 18.1 Å². The molecule has 0 spiro atoms. The number of fused-ring (bicyclic) bond motifs is 2. The molecule has 5 rings (SSSR count). The van der Waals surface area contributed by atoms with Crippen LogP contribution < -0.4 is 19.8 Å². The molecule has 0 amide bonds. The van der Waals surface area contributed by atoms with E-state index in [1.807, 2.05) is 0 Å². The molecule has 180 valence electrons. The van der Waals surface area contributed by atoms with E-state index in [9.17, 15) is 13.2 Å². The quantitative estimate of drug-likeness (QED) is 0.547. The Labute approximate surface area is 197 Å². The summed E-state index contributed by atoms with van der Waals surface area (Å²) in [7, 11) is -2.40. The van der Waals surface area contributed by atoms with Crippen LogP contribution in [0.1, 0.15) is 18.4 Å². The van der Waals surface area contributed by atoms with Gasteiger partial charge in [0.25, 0.3) is 5.56 Å². The summed E-state index contributed by atoms with van der Waals surface area (Å²) in [6.07, 6.45) is 1.41. The molecular formula is C24H26N2O7S. The summed E-state index contributed by atoms with van der Waals surface area (Å²) in [5, 5.41) is 0.753. The topological polar surface area (TPSA) is 107 Å². The van der Waals surface area contributed by atoms with Crippen LogP contribution in [0.5, 0.6) is 17.2 Å². The molecule has 3 heterocycles. The highest BCUT2D eigenvalue weighted by atomic mass is 32.2. The number of H-pyrrole nitrogens is 1. The molecule has 0 saturated carbocycles. The molecule has 2 aliphatic rings. The number of hydrogen-bond donors (Lipinski definition) is 1. The Morgan fingerprint density at radius 1 is 1.06 bits per heavy atom. The van der Waals surface area contributed by atoms with Gasteiger partial charge < -0.3 is 23.9 Å². The van der Waals surface area contributed by atoms with Gasteiger partial charge in [-0.3, -0.25) is 4.79 Å². The normalized spacial score (nSPS) is 17.9. The van der Waals surface area contributed by atoms with Crippen molar-refractivity contribution >= 4 is 20.9 Å². The number of rotatable bonds is 7. The Morgan fingerprint density at radius 3 is 2.65 bits per heavy atom. The van der Waals surface area contributed by atoms with E-state index in [-0.39, 0.29) is 29.6 Å². The maximum Gasteiger partial charge on any atom is 0.252 e. The largest absolute Gasteiger partial charge is 0.497 e. The van der Waals surface area contributed by atoms with Crippen molar-refractivity contribution in [3.63, 3.8) is 0 Å². The summed E-state index contributed by atoms with van der Waals surface area (Å²) in [5.74, 6) is 1.54. The lowest BCUT2D eigenvalue weighted by atomic mass is 10.1. The molecule has 1 atom stereocenters. The van der Waals surface area contributed by atoms with Crippen molar-refractivity contribution in [1.29, 1.82) is 0 Å². The fourth-order valence-electron chi connectivity index (χ4n) is 4.26. The van der Waals surface area contributed by atoms with E-state index in [1.54, 1.807) is 37.4 Å². The average molecular weight is 487 g/mol. The van der Waals surface area contributed by atoms with Gasteiger partial charge in [0.15, 0.2) is 11.5 Å². The van der Waals surface area contributed by atoms with Gasteiger partial charge in [-0.15, -0.1) is 0 Å². The molecule has 0 aliphatic carbocycles. The van der Waals surface area contributed by atoms with Gasteiger partial charge in [-0.2, -0.15) is 4.31 Å². The van der Waals surface area contributed by atoms with Crippen LogP contribution in [0, 0.1) is 0 Å². The lowest BCUT2D eigenvalue weighted by molar-refractivity contribution is 0.0925. The molecule has 9 nitrogen and oxygen atoms in total. The number of aromatic amines is 1. The average Bonchev–Trinajstić information content (AvgIpc) is 3.36. The fourth-order valence-corrected chi connectivity index (χ4v) is 5.73. The Hall–Kier alpha value is -3.08. The maximum atomic E-state index is 13.7. The standard InChI is InChI=1S/C24H26N2O7S/c1-30-18-4-6-21-16(12-18)11-17(24(27)25-21)14-26(15-19-3-2-8-31-19)34(28,29)20-5-7-22-23(13-20)33-10-9-32-22/h4-7,11-13,19H,2-3,8-10,14-15H2,1H3,(H,25,27)/t19-/m1/s1. The first-order valence-corrected chi connectivity index (χ1v) is 12.6. The number of aromatic nitrogens is 1. The van der Waals surface area contributed by atoms with E-state index in [2.05, 4.69) is 4.98 Å². The van der Waals surface area contributed by atoms with Gasteiger partial charge in [0, 0.05) is 42.2 Å². The third kappa shape index (κ3) is 4.48.